The molecule has 5 heteroatoms. The normalized spacial score (nSPS) is 27.9. The highest BCUT2D eigenvalue weighted by Gasteiger charge is 2.28. The van der Waals surface area contributed by atoms with E-state index >= 15 is 0 Å². The average molecular weight is 203 g/mol. The van der Waals surface area contributed by atoms with E-state index in [1.54, 1.807) is 0 Å². The molecule has 0 aliphatic carbocycles. The number of aliphatic hydroxyl groups excluding tert-OH is 2. The molecule has 1 heterocycles. The van der Waals surface area contributed by atoms with E-state index in [1.165, 1.54) is 7.11 Å². The van der Waals surface area contributed by atoms with Crippen LogP contribution in [0.2, 0.25) is 0 Å². The minimum atomic E-state index is -0.645. The van der Waals surface area contributed by atoms with Gasteiger partial charge in [-0.1, -0.05) is 0 Å². The highest BCUT2D eigenvalue weighted by atomic mass is 16.5. The highest BCUT2D eigenvalue weighted by molar-refractivity contribution is 5.69. The molecule has 0 bridgehead atoms. The summed E-state index contributed by atoms with van der Waals surface area (Å²) in [5.74, 6) is -0.217. The number of hydrogen-bond acceptors (Lipinski definition) is 5. The predicted molar refractivity (Wildman–Crippen MR) is 49.7 cm³/mol. The molecule has 2 atom stereocenters. The summed E-state index contributed by atoms with van der Waals surface area (Å²) in [5.41, 5.74) is 0. The summed E-state index contributed by atoms with van der Waals surface area (Å²) in [6.07, 6.45) is -0.202. The lowest BCUT2D eigenvalue weighted by Gasteiger charge is -2.13. The molecule has 0 unspecified atom stereocenters. The first kappa shape index (κ1) is 11.4. The van der Waals surface area contributed by atoms with Gasteiger partial charge in [-0.2, -0.15) is 0 Å². The molecule has 0 saturated carbocycles. The molecule has 1 rings (SSSR count). The van der Waals surface area contributed by atoms with Crippen LogP contribution in [0.15, 0.2) is 0 Å². The molecule has 0 amide bonds. The Morgan fingerprint density at radius 1 is 1.43 bits per heavy atom. The maximum atomic E-state index is 10.8. The predicted octanol–water partition coefficient (Wildman–Crippen LogP) is -1.02. The largest absolute Gasteiger partial charge is 0.469 e. The zero-order valence-corrected chi connectivity index (χ0v) is 8.35. The van der Waals surface area contributed by atoms with E-state index < -0.39 is 12.2 Å². The lowest BCUT2D eigenvalue weighted by Crippen LogP contribution is -2.23. The number of carbonyl (C=O) groups is 1. The maximum Gasteiger partial charge on any atom is 0.305 e. The van der Waals surface area contributed by atoms with Gasteiger partial charge in [-0.15, -0.1) is 0 Å². The van der Waals surface area contributed by atoms with Gasteiger partial charge in [-0.3, -0.25) is 9.69 Å². The SMILES string of the molecule is COC(=O)CCCN1C[C@@H](O)[C@@H](O)C1. The van der Waals surface area contributed by atoms with Crippen LogP contribution in [0, 0.1) is 0 Å². The van der Waals surface area contributed by atoms with Crippen molar-refractivity contribution in [3.63, 3.8) is 0 Å². The number of ether oxygens (including phenoxy) is 1. The van der Waals surface area contributed by atoms with Gasteiger partial charge in [0.25, 0.3) is 0 Å². The van der Waals surface area contributed by atoms with Crippen LogP contribution < -0.4 is 0 Å². The first-order chi connectivity index (χ1) is 6.63. The summed E-state index contributed by atoms with van der Waals surface area (Å²) in [6.45, 7) is 1.69. The molecule has 0 aromatic rings. The van der Waals surface area contributed by atoms with Gasteiger partial charge < -0.3 is 14.9 Å². The number of likely N-dealkylation sites (tertiary alicyclic amines) is 1. The maximum absolute atomic E-state index is 10.8. The van der Waals surface area contributed by atoms with Gasteiger partial charge in [0.1, 0.15) is 0 Å². The number of esters is 1. The average Bonchev–Trinajstić information content (AvgIpc) is 2.46. The summed E-state index contributed by atoms with van der Waals surface area (Å²) in [5, 5.41) is 18.5. The molecule has 2 N–H and O–H groups in total. The fourth-order valence-corrected chi connectivity index (χ4v) is 1.58. The van der Waals surface area contributed by atoms with Crippen LogP contribution in [0.3, 0.4) is 0 Å². The lowest BCUT2D eigenvalue weighted by molar-refractivity contribution is -0.140. The van der Waals surface area contributed by atoms with Gasteiger partial charge in [0, 0.05) is 19.5 Å². The number of nitrogens with zero attached hydrogens (tertiary/aromatic N) is 1. The van der Waals surface area contributed by atoms with Crippen LogP contribution in [0.4, 0.5) is 0 Å². The first-order valence-electron chi connectivity index (χ1n) is 4.78. The minimum Gasteiger partial charge on any atom is -0.469 e. The summed E-state index contributed by atoms with van der Waals surface area (Å²) in [4.78, 5) is 12.7. The Kier molecular flexibility index (Phi) is 4.31. The summed E-state index contributed by atoms with van der Waals surface area (Å²) in [6, 6.07) is 0. The van der Waals surface area contributed by atoms with Crippen molar-refractivity contribution in [2.45, 2.75) is 25.0 Å². The van der Waals surface area contributed by atoms with E-state index in [0.717, 1.165) is 0 Å². The van der Waals surface area contributed by atoms with E-state index in [1.807, 2.05) is 4.90 Å². The summed E-state index contributed by atoms with van der Waals surface area (Å²) in [7, 11) is 1.37. The van der Waals surface area contributed by atoms with Crippen LogP contribution in [0.1, 0.15) is 12.8 Å². The van der Waals surface area contributed by atoms with Crippen LogP contribution in [-0.4, -0.2) is 60.0 Å². The fourth-order valence-electron chi connectivity index (χ4n) is 1.58. The first-order valence-corrected chi connectivity index (χ1v) is 4.78. The molecule has 1 aliphatic rings. The van der Waals surface area contributed by atoms with E-state index in [2.05, 4.69) is 4.74 Å². The standard InChI is InChI=1S/C9H17NO4/c1-14-9(13)3-2-4-10-5-7(11)8(12)6-10/h7-8,11-12H,2-6H2,1H3/t7-,8+. The van der Waals surface area contributed by atoms with E-state index in [0.29, 0.717) is 32.5 Å². The summed E-state index contributed by atoms with van der Waals surface area (Å²) < 4.78 is 4.50. The van der Waals surface area contributed by atoms with Gasteiger partial charge in [-0.05, 0) is 13.0 Å². The topological polar surface area (TPSA) is 70.0 Å². The van der Waals surface area contributed by atoms with Crippen molar-refractivity contribution < 1.29 is 19.7 Å². The second-order valence-electron chi connectivity index (χ2n) is 3.57. The molecule has 5 nitrogen and oxygen atoms in total. The molecule has 0 spiro atoms. The third-order valence-corrected chi connectivity index (χ3v) is 2.42. The quantitative estimate of drug-likeness (QED) is 0.572. The second kappa shape index (κ2) is 5.29. The Hall–Kier alpha value is -0.650. The third-order valence-electron chi connectivity index (χ3n) is 2.42. The van der Waals surface area contributed by atoms with Crippen molar-refractivity contribution in [3.05, 3.63) is 0 Å². The molecular formula is C9H17NO4. The van der Waals surface area contributed by atoms with Crippen molar-refractivity contribution in [2.24, 2.45) is 0 Å². The fraction of sp³-hybridized carbons (Fsp3) is 0.889. The van der Waals surface area contributed by atoms with Crippen LogP contribution in [0.5, 0.6) is 0 Å². The number of β-amino-alcohol motifs (C(OH)–C–C–N with tert-alkyl or cyclic N) is 2. The third kappa shape index (κ3) is 3.25. The van der Waals surface area contributed by atoms with Crippen molar-refractivity contribution in [2.75, 3.05) is 26.7 Å². The van der Waals surface area contributed by atoms with E-state index in [-0.39, 0.29) is 5.97 Å². The number of hydrogen-bond donors (Lipinski definition) is 2. The number of methoxy groups -OCH3 is 1. The van der Waals surface area contributed by atoms with Crippen molar-refractivity contribution >= 4 is 5.97 Å². The Labute approximate surface area is 83.3 Å². The molecule has 0 aromatic heterocycles. The Morgan fingerprint density at radius 2 is 2.00 bits per heavy atom. The molecule has 1 fully saturated rings. The van der Waals surface area contributed by atoms with Crippen molar-refractivity contribution in [1.29, 1.82) is 0 Å². The van der Waals surface area contributed by atoms with Crippen molar-refractivity contribution in [3.8, 4) is 0 Å². The molecule has 0 aromatic carbocycles. The molecule has 1 aliphatic heterocycles. The van der Waals surface area contributed by atoms with Gasteiger partial charge >= 0.3 is 5.97 Å². The number of carbonyl (C=O) groups excluding carboxylic acids is 1. The molecule has 0 radical (unpaired) electrons. The smallest absolute Gasteiger partial charge is 0.305 e. The zero-order chi connectivity index (χ0) is 10.6. The van der Waals surface area contributed by atoms with Gasteiger partial charge in [-0.25, -0.2) is 0 Å². The molecule has 1 saturated heterocycles. The van der Waals surface area contributed by atoms with Gasteiger partial charge in [0.2, 0.25) is 0 Å². The van der Waals surface area contributed by atoms with Crippen LogP contribution in [-0.2, 0) is 9.53 Å². The van der Waals surface area contributed by atoms with Gasteiger partial charge in [0.05, 0.1) is 19.3 Å². The van der Waals surface area contributed by atoms with Gasteiger partial charge in [0.15, 0.2) is 0 Å². The molecular weight excluding hydrogens is 186 g/mol. The van der Waals surface area contributed by atoms with E-state index in [4.69, 9.17) is 0 Å². The van der Waals surface area contributed by atoms with E-state index in [9.17, 15) is 15.0 Å². The monoisotopic (exact) mass is 203 g/mol. The minimum absolute atomic E-state index is 0.217. The number of aliphatic hydroxyl groups is 2. The van der Waals surface area contributed by atoms with Crippen LogP contribution >= 0.6 is 0 Å². The summed E-state index contributed by atoms with van der Waals surface area (Å²) >= 11 is 0. The van der Waals surface area contributed by atoms with Crippen LogP contribution in [0.25, 0.3) is 0 Å². The Bertz CT molecular complexity index is 187. The Morgan fingerprint density at radius 3 is 2.50 bits per heavy atom. The highest BCUT2D eigenvalue weighted by Crippen LogP contribution is 2.10. The molecule has 14 heavy (non-hydrogen) atoms. The second-order valence-corrected chi connectivity index (χ2v) is 3.57. The molecule has 82 valence electrons. The van der Waals surface area contributed by atoms with Crippen molar-refractivity contribution in [1.82, 2.24) is 4.90 Å². The Balaban J connectivity index is 2.11. The lowest BCUT2D eigenvalue weighted by atomic mass is 10.3. The number of rotatable bonds is 4. The zero-order valence-electron chi connectivity index (χ0n) is 8.35.